The minimum absolute atomic E-state index is 0.0442. The van der Waals surface area contributed by atoms with E-state index in [1.165, 1.54) is 11.8 Å². The van der Waals surface area contributed by atoms with Crippen LogP contribution in [0.2, 0.25) is 0 Å². The van der Waals surface area contributed by atoms with Crippen LogP contribution in [0.25, 0.3) is 0 Å². The van der Waals surface area contributed by atoms with Crippen molar-refractivity contribution in [1.82, 2.24) is 5.32 Å². The van der Waals surface area contributed by atoms with Crippen molar-refractivity contribution in [1.29, 1.82) is 5.26 Å². The van der Waals surface area contributed by atoms with Gasteiger partial charge in [-0.15, -0.1) is 0 Å². The molecule has 2 N–H and O–H groups in total. The second-order valence-electron chi connectivity index (χ2n) is 5.29. The zero-order chi connectivity index (χ0) is 17.4. The van der Waals surface area contributed by atoms with Gasteiger partial charge >= 0.3 is 0 Å². The van der Waals surface area contributed by atoms with Crippen LogP contribution < -0.4 is 10.6 Å². The molecule has 0 aliphatic carbocycles. The molecule has 0 atom stereocenters. The number of aryl methyl sites for hydroxylation is 1. The summed E-state index contributed by atoms with van der Waals surface area (Å²) in [5.74, 6) is -0.422. The van der Waals surface area contributed by atoms with Crippen molar-refractivity contribution in [3.8, 4) is 6.07 Å². The molecule has 0 bridgehead atoms. The van der Waals surface area contributed by atoms with Crippen LogP contribution in [0.5, 0.6) is 0 Å². The molecule has 0 saturated heterocycles. The molecular formula is C19H18BrN3O. The highest BCUT2D eigenvalue weighted by molar-refractivity contribution is 9.10. The molecular weight excluding hydrogens is 366 g/mol. The number of nitrogens with zero attached hydrogens (tertiary/aromatic N) is 1. The number of nitrogens with one attached hydrogen (secondary N) is 2. The Kier molecular flexibility index (Phi) is 6.59. The predicted octanol–water partition coefficient (Wildman–Crippen LogP) is 3.94. The summed E-state index contributed by atoms with van der Waals surface area (Å²) in [6.45, 7) is 2.60. The fraction of sp³-hybridized carbons (Fsp3) is 0.158. The first kappa shape index (κ1) is 17.8. The number of benzene rings is 2. The fourth-order valence-corrected chi connectivity index (χ4v) is 2.55. The van der Waals surface area contributed by atoms with Crippen LogP contribution in [0.15, 0.2) is 64.8 Å². The Balaban J connectivity index is 1.89. The van der Waals surface area contributed by atoms with Crippen LogP contribution >= 0.6 is 15.9 Å². The molecule has 2 aromatic rings. The number of carbonyl (C=O) groups is 1. The summed E-state index contributed by atoms with van der Waals surface area (Å²) in [6.07, 6.45) is 2.25. The molecule has 5 heteroatoms. The first-order valence-corrected chi connectivity index (χ1v) is 8.34. The Morgan fingerprint density at radius 2 is 1.92 bits per heavy atom. The van der Waals surface area contributed by atoms with E-state index in [9.17, 15) is 4.79 Å². The molecule has 24 heavy (non-hydrogen) atoms. The topological polar surface area (TPSA) is 64.9 Å². The Labute approximate surface area is 150 Å². The van der Waals surface area contributed by atoms with E-state index in [0.717, 1.165) is 16.5 Å². The van der Waals surface area contributed by atoms with E-state index >= 15 is 0 Å². The molecule has 122 valence electrons. The van der Waals surface area contributed by atoms with E-state index in [4.69, 9.17) is 5.26 Å². The number of anilines is 1. The summed E-state index contributed by atoms with van der Waals surface area (Å²) in [5, 5.41) is 14.9. The van der Waals surface area contributed by atoms with Crippen molar-refractivity contribution in [3.63, 3.8) is 0 Å². The Bertz CT molecular complexity index is 776. The molecule has 0 heterocycles. The van der Waals surface area contributed by atoms with Crippen molar-refractivity contribution < 1.29 is 4.79 Å². The number of hydrogen-bond donors (Lipinski definition) is 2. The maximum absolute atomic E-state index is 12.1. The van der Waals surface area contributed by atoms with Gasteiger partial charge in [0.25, 0.3) is 5.91 Å². The van der Waals surface area contributed by atoms with E-state index in [1.807, 2.05) is 61.5 Å². The highest BCUT2D eigenvalue weighted by Crippen LogP contribution is 2.15. The average molecular weight is 384 g/mol. The normalized spacial score (nSPS) is 10.8. The smallest absolute Gasteiger partial charge is 0.267 e. The standard InChI is InChI=1S/C19H18BrN3O/c1-14-6-8-17(9-7-14)23-19(24)16(12-21)13-22-11-10-15-4-2-3-5-18(15)20/h2-9,13,22H,10-11H2,1H3,(H,23,24)/b16-13-. The minimum atomic E-state index is -0.422. The van der Waals surface area contributed by atoms with Gasteiger partial charge in [0, 0.05) is 22.9 Å². The zero-order valence-corrected chi connectivity index (χ0v) is 14.9. The van der Waals surface area contributed by atoms with Gasteiger partial charge in [0.2, 0.25) is 0 Å². The monoisotopic (exact) mass is 383 g/mol. The predicted molar refractivity (Wildman–Crippen MR) is 99.4 cm³/mol. The fourth-order valence-electron chi connectivity index (χ4n) is 2.07. The van der Waals surface area contributed by atoms with Gasteiger partial charge < -0.3 is 10.6 Å². The first-order valence-electron chi connectivity index (χ1n) is 7.55. The lowest BCUT2D eigenvalue weighted by Gasteiger charge is -2.06. The summed E-state index contributed by atoms with van der Waals surface area (Å²) in [6, 6.07) is 17.3. The molecule has 0 aliphatic heterocycles. The van der Waals surface area contributed by atoms with Crippen molar-refractivity contribution in [3.05, 3.63) is 75.9 Å². The highest BCUT2D eigenvalue weighted by atomic mass is 79.9. The van der Waals surface area contributed by atoms with Crippen LogP contribution in [-0.4, -0.2) is 12.5 Å². The number of carbonyl (C=O) groups excluding carboxylic acids is 1. The molecule has 0 unspecified atom stereocenters. The van der Waals surface area contributed by atoms with Crippen LogP contribution in [-0.2, 0) is 11.2 Å². The average Bonchev–Trinajstić information content (AvgIpc) is 2.58. The highest BCUT2D eigenvalue weighted by Gasteiger charge is 2.09. The van der Waals surface area contributed by atoms with E-state index in [-0.39, 0.29) is 5.57 Å². The lowest BCUT2D eigenvalue weighted by Crippen LogP contribution is -2.18. The first-order chi connectivity index (χ1) is 11.6. The van der Waals surface area contributed by atoms with Gasteiger partial charge in [-0.25, -0.2) is 0 Å². The number of rotatable bonds is 6. The molecule has 0 spiro atoms. The lowest BCUT2D eigenvalue weighted by atomic mass is 10.1. The van der Waals surface area contributed by atoms with Crippen LogP contribution in [0.3, 0.4) is 0 Å². The molecule has 4 nitrogen and oxygen atoms in total. The maximum Gasteiger partial charge on any atom is 0.267 e. The van der Waals surface area contributed by atoms with Gasteiger partial charge in [-0.2, -0.15) is 5.26 Å². The summed E-state index contributed by atoms with van der Waals surface area (Å²) in [4.78, 5) is 12.1. The molecule has 0 aliphatic rings. The third-order valence-corrected chi connectivity index (χ3v) is 4.19. The molecule has 0 fully saturated rings. The maximum atomic E-state index is 12.1. The Morgan fingerprint density at radius 1 is 1.21 bits per heavy atom. The summed E-state index contributed by atoms with van der Waals surface area (Å²) in [7, 11) is 0. The van der Waals surface area contributed by atoms with Gasteiger partial charge in [-0.05, 0) is 37.1 Å². The third kappa shape index (κ3) is 5.25. The third-order valence-electron chi connectivity index (χ3n) is 3.42. The lowest BCUT2D eigenvalue weighted by molar-refractivity contribution is -0.112. The Morgan fingerprint density at radius 3 is 2.58 bits per heavy atom. The van der Waals surface area contributed by atoms with Gasteiger partial charge in [-0.3, -0.25) is 4.79 Å². The van der Waals surface area contributed by atoms with Crippen molar-refractivity contribution in [2.45, 2.75) is 13.3 Å². The van der Waals surface area contributed by atoms with Gasteiger partial charge in [0.15, 0.2) is 0 Å². The second kappa shape index (κ2) is 8.90. The number of halogens is 1. The molecule has 0 radical (unpaired) electrons. The molecule has 0 aromatic heterocycles. The summed E-state index contributed by atoms with van der Waals surface area (Å²) < 4.78 is 1.05. The van der Waals surface area contributed by atoms with Gasteiger partial charge in [-0.1, -0.05) is 51.8 Å². The SMILES string of the molecule is Cc1ccc(NC(=O)/C(C#N)=C\NCCc2ccccc2Br)cc1. The quantitative estimate of drug-likeness (QED) is 0.451. The van der Waals surface area contributed by atoms with Gasteiger partial charge in [0.05, 0.1) is 0 Å². The summed E-state index contributed by atoms with van der Waals surface area (Å²) >= 11 is 3.50. The van der Waals surface area contributed by atoms with Crippen LogP contribution in [0.1, 0.15) is 11.1 Å². The number of hydrogen-bond acceptors (Lipinski definition) is 3. The van der Waals surface area contributed by atoms with Gasteiger partial charge in [0.1, 0.15) is 11.6 Å². The number of amides is 1. The molecule has 2 aromatic carbocycles. The van der Waals surface area contributed by atoms with Crippen molar-refractivity contribution >= 4 is 27.5 Å². The van der Waals surface area contributed by atoms with E-state index in [0.29, 0.717) is 12.2 Å². The Hall–Kier alpha value is -2.58. The summed E-state index contributed by atoms with van der Waals surface area (Å²) in [5.41, 5.74) is 2.99. The molecule has 0 saturated carbocycles. The van der Waals surface area contributed by atoms with Crippen LogP contribution in [0, 0.1) is 18.3 Å². The van der Waals surface area contributed by atoms with Crippen LogP contribution in [0.4, 0.5) is 5.69 Å². The minimum Gasteiger partial charge on any atom is -0.389 e. The van der Waals surface area contributed by atoms with E-state index in [1.54, 1.807) is 0 Å². The van der Waals surface area contributed by atoms with Crippen molar-refractivity contribution in [2.75, 3.05) is 11.9 Å². The largest absolute Gasteiger partial charge is 0.389 e. The number of nitriles is 1. The van der Waals surface area contributed by atoms with E-state index in [2.05, 4.69) is 26.6 Å². The zero-order valence-electron chi connectivity index (χ0n) is 13.3. The van der Waals surface area contributed by atoms with E-state index < -0.39 is 5.91 Å². The van der Waals surface area contributed by atoms with Crippen molar-refractivity contribution in [2.24, 2.45) is 0 Å². The molecule has 2 rings (SSSR count). The molecule has 1 amide bonds. The second-order valence-corrected chi connectivity index (χ2v) is 6.14.